The number of para-hydroxylation sites is 1. The molecule has 1 N–H and O–H groups in total. The van der Waals surface area contributed by atoms with Crippen molar-refractivity contribution < 1.29 is 31.1 Å². The van der Waals surface area contributed by atoms with E-state index in [4.69, 9.17) is 0 Å². The van der Waals surface area contributed by atoms with E-state index in [2.05, 4.69) is 15.0 Å². The fourth-order valence-corrected chi connectivity index (χ4v) is 3.48. The minimum absolute atomic E-state index is 0.0534. The minimum Gasteiger partial charge on any atom is -0.347 e. The number of H-pyrrole nitrogens is 1. The smallest absolute Gasteiger partial charge is 0.347 e. The van der Waals surface area contributed by atoms with Gasteiger partial charge in [-0.2, -0.15) is 26.3 Å². The van der Waals surface area contributed by atoms with Crippen LogP contribution in [0.2, 0.25) is 0 Å². The van der Waals surface area contributed by atoms with Gasteiger partial charge in [0.2, 0.25) is 0 Å². The van der Waals surface area contributed by atoms with Crippen LogP contribution in [0, 0.1) is 0 Å². The lowest BCUT2D eigenvalue weighted by Crippen LogP contribution is -2.30. The Hall–Kier alpha value is -3.89. The molecule has 0 fully saturated rings. The Morgan fingerprint density at radius 2 is 1.56 bits per heavy atom. The third-order valence-electron chi connectivity index (χ3n) is 5.06. The number of alkyl halides is 6. The van der Waals surface area contributed by atoms with Gasteiger partial charge in [0.05, 0.1) is 40.8 Å². The van der Waals surface area contributed by atoms with Crippen LogP contribution in [-0.2, 0) is 25.4 Å². The highest BCUT2D eigenvalue weighted by molar-refractivity contribution is 5.97. The Bertz CT molecular complexity index is 1280. The number of halogens is 6. The molecule has 0 atom stereocenters. The van der Waals surface area contributed by atoms with Gasteiger partial charge in [0.15, 0.2) is 0 Å². The van der Waals surface area contributed by atoms with Crippen LogP contribution >= 0.6 is 0 Å². The van der Waals surface area contributed by atoms with Gasteiger partial charge in [-0.05, 0) is 35.9 Å². The zero-order valence-corrected chi connectivity index (χ0v) is 17.3. The molecule has 176 valence electrons. The summed E-state index contributed by atoms with van der Waals surface area (Å²) in [5.41, 5.74) is -1.99. The number of hydrogen-bond donors (Lipinski definition) is 1. The van der Waals surface area contributed by atoms with Gasteiger partial charge in [0.25, 0.3) is 5.91 Å². The van der Waals surface area contributed by atoms with E-state index in [1.54, 1.807) is 30.3 Å². The monoisotopic (exact) mass is 478 g/mol. The van der Waals surface area contributed by atoms with E-state index in [1.807, 2.05) is 0 Å². The summed E-state index contributed by atoms with van der Waals surface area (Å²) in [5.74, 6) is -0.612. The molecule has 4 rings (SSSR count). The fraction of sp³-hybridized carbons (Fsp3) is 0.174. The quantitative estimate of drug-likeness (QED) is 0.367. The molecule has 1 amide bonds. The largest absolute Gasteiger partial charge is 0.416 e. The van der Waals surface area contributed by atoms with Crippen molar-refractivity contribution in [1.82, 2.24) is 19.9 Å². The van der Waals surface area contributed by atoms with Crippen molar-refractivity contribution >= 4 is 16.8 Å². The highest BCUT2D eigenvalue weighted by Gasteiger charge is 2.37. The summed E-state index contributed by atoms with van der Waals surface area (Å²) in [6.45, 7) is -0.624. The molecule has 4 aromatic rings. The van der Waals surface area contributed by atoms with Gasteiger partial charge in [0.1, 0.15) is 0 Å². The first-order chi connectivity index (χ1) is 16.0. The van der Waals surface area contributed by atoms with E-state index in [0.717, 1.165) is 4.90 Å². The van der Waals surface area contributed by atoms with Crippen LogP contribution in [0.25, 0.3) is 10.9 Å². The first-order valence-corrected chi connectivity index (χ1v) is 9.90. The van der Waals surface area contributed by atoms with Gasteiger partial charge in [0, 0.05) is 24.3 Å². The molecule has 0 unspecified atom stereocenters. The summed E-state index contributed by atoms with van der Waals surface area (Å²) < 4.78 is 79.7. The van der Waals surface area contributed by atoms with Crippen molar-refractivity contribution in [3.8, 4) is 0 Å². The van der Waals surface area contributed by atoms with E-state index < -0.39 is 35.9 Å². The van der Waals surface area contributed by atoms with Gasteiger partial charge in [-0.15, -0.1) is 0 Å². The van der Waals surface area contributed by atoms with Crippen LogP contribution in [-0.4, -0.2) is 25.8 Å². The third kappa shape index (κ3) is 5.19. The molecule has 0 saturated heterocycles. The molecule has 0 aliphatic rings. The van der Waals surface area contributed by atoms with E-state index in [-0.39, 0.29) is 23.7 Å². The average molecular weight is 478 g/mol. The Balaban J connectivity index is 1.73. The zero-order valence-electron chi connectivity index (χ0n) is 17.3. The van der Waals surface area contributed by atoms with Crippen molar-refractivity contribution in [3.05, 3.63) is 95.2 Å². The highest BCUT2D eigenvalue weighted by atomic mass is 19.4. The number of pyridine rings is 1. The molecular weight excluding hydrogens is 462 g/mol. The number of carbonyl (C=O) groups excluding carboxylic acids is 1. The number of aromatic nitrogens is 3. The lowest BCUT2D eigenvalue weighted by Gasteiger charge is -2.24. The molecule has 34 heavy (non-hydrogen) atoms. The summed E-state index contributed by atoms with van der Waals surface area (Å²) in [4.78, 5) is 25.3. The molecule has 2 aromatic carbocycles. The second-order valence-corrected chi connectivity index (χ2v) is 7.57. The molecule has 0 aliphatic carbocycles. The fourth-order valence-electron chi connectivity index (χ4n) is 3.48. The standard InChI is InChI=1S/C23H16F6N4O/c24-22(25,26)17-5-14(6-18(8-17)23(27,28)29)11-33(12-19-10-30-13-32-19)21(34)16-7-15-3-1-2-4-20(15)31-9-16/h1-10,13H,11-12H2,(H,30,32). The van der Waals surface area contributed by atoms with Crippen molar-refractivity contribution in [2.75, 3.05) is 0 Å². The Morgan fingerprint density at radius 3 is 2.18 bits per heavy atom. The summed E-state index contributed by atoms with van der Waals surface area (Å²) in [6.07, 6.45) is -5.90. The maximum atomic E-state index is 13.3. The summed E-state index contributed by atoms with van der Waals surface area (Å²) in [7, 11) is 0. The summed E-state index contributed by atoms with van der Waals surface area (Å²) in [5, 5.41) is 0.660. The second kappa shape index (κ2) is 8.81. The number of imidazole rings is 1. The van der Waals surface area contributed by atoms with Crippen LogP contribution in [0.15, 0.2) is 67.3 Å². The summed E-state index contributed by atoms with van der Waals surface area (Å²) in [6, 6.07) is 9.85. The molecule has 11 heteroatoms. The van der Waals surface area contributed by atoms with Gasteiger partial charge in [-0.25, -0.2) is 4.98 Å². The van der Waals surface area contributed by atoms with Gasteiger partial charge in [-0.3, -0.25) is 9.78 Å². The molecule has 0 saturated carbocycles. The van der Waals surface area contributed by atoms with E-state index >= 15 is 0 Å². The number of nitrogens with zero attached hydrogens (tertiary/aromatic N) is 3. The lowest BCUT2D eigenvalue weighted by atomic mass is 10.0. The first-order valence-electron chi connectivity index (χ1n) is 9.90. The molecule has 0 spiro atoms. The van der Waals surface area contributed by atoms with E-state index in [1.165, 1.54) is 18.7 Å². The Kier molecular flexibility index (Phi) is 6.03. The zero-order chi connectivity index (χ0) is 24.5. The van der Waals surface area contributed by atoms with Crippen LogP contribution in [0.1, 0.15) is 32.7 Å². The topological polar surface area (TPSA) is 61.9 Å². The van der Waals surface area contributed by atoms with Crippen molar-refractivity contribution in [2.45, 2.75) is 25.4 Å². The molecule has 0 radical (unpaired) electrons. The normalized spacial score (nSPS) is 12.2. The SMILES string of the molecule is O=C(c1cnc2ccccc2c1)N(Cc1cc(C(F)(F)F)cc(C(F)(F)F)c1)Cc1cnc[nH]1. The maximum absolute atomic E-state index is 13.3. The average Bonchev–Trinajstić information content (AvgIpc) is 3.29. The van der Waals surface area contributed by atoms with E-state index in [0.29, 0.717) is 28.7 Å². The minimum atomic E-state index is -4.99. The highest BCUT2D eigenvalue weighted by Crippen LogP contribution is 2.36. The number of benzene rings is 2. The molecule has 5 nitrogen and oxygen atoms in total. The predicted octanol–water partition coefficient (Wildman–Crippen LogP) is 5.84. The van der Waals surface area contributed by atoms with Crippen molar-refractivity contribution in [1.29, 1.82) is 0 Å². The van der Waals surface area contributed by atoms with Gasteiger partial charge < -0.3 is 9.88 Å². The lowest BCUT2D eigenvalue weighted by molar-refractivity contribution is -0.143. The number of nitrogens with one attached hydrogen (secondary N) is 1. The number of rotatable bonds is 5. The van der Waals surface area contributed by atoms with Crippen molar-refractivity contribution in [3.63, 3.8) is 0 Å². The molecule has 0 aliphatic heterocycles. The second-order valence-electron chi connectivity index (χ2n) is 7.57. The third-order valence-corrected chi connectivity index (χ3v) is 5.06. The van der Waals surface area contributed by atoms with E-state index in [9.17, 15) is 31.1 Å². The van der Waals surface area contributed by atoms with Gasteiger partial charge in [-0.1, -0.05) is 18.2 Å². The predicted molar refractivity (Wildman–Crippen MR) is 110 cm³/mol. The Labute approximate surface area is 189 Å². The van der Waals surface area contributed by atoms with Crippen LogP contribution in [0.3, 0.4) is 0 Å². The summed E-state index contributed by atoms with van der Waals surface area (Å²) >= 11 is 0. The molecular formula is C23H16F6N4O. The first kappa shape index (κ1) is 23.3. The number of fused-ring (bicyclic) bond motifs is 1. The van der Waals surface area contributed by atoms with Crippen LogP contribution in [0.4, 0.5) is 26.3 Å². The van der Waals surface area contributed by atoms with Crippen molar-refractivity contribution in [2.24, 2.45) is 0 Å². The molecule has 2 heterocycles. The molecule has 2 aromatic heterocycles. The Morgan fingerprint density at radius 1 is 0.882 bits per heavy atom. The number of carbonyl (C=O) groups is 1. The molecule has 0 bridgehead atoms. The number of hydrogen-bond acceptors (Lipinski definition) is 3. The van der Waals surface area contributed by atoms with Crippen LogP contribution < -0.4 is 0 Å². The van der Waals surface area contributed by atoms with Gasteiger partial charge >= 0.3 is 12.4 Å². The maximum Gasteiger partial charge on any atom is 0.416 e. The van der Waals surface area contributed by atoms with Crippen LogP contribution in [0.5, 0.6) is 0 Å². The number of amides is 1. The number of aromatic amines is 1.